The lowest BCUT2D eigenvalue weighted by Crippen LogP contribution is -2.38. The van der Waals surface area contributed by atoms with Gasteiger partial charge < -0.3 is 21.1 Å². The molecular formula is C17H21N9O2. The van der Waals surface area contributed by atoms with Gasteiger partial charge in [-0.1, -0.05) is 0 Å². The summed E-state index contributed by atoms with van der Waals surface area (Å²) in [5, 5.41) is 13.7. The second-order valence-electron chi connectivity index (χ2n) is 6.57. The number of rotatable bonds is 6. The number of carbonyl (C=O) groups excluding carboxylic acids is 1. The Balaban J connectivity index is 1.80. The van der Waals surface area contributed by atoms with Crippen molar-refractivity contribution in [3.8, 4) is 11.5 Å². The standard InChI is InChI=1S/C17H21N9O2/c1-28-7-12-24-16(26-25-12)11-5-10(15(18)27)13-14(23-11)17(21-8-20-13)22-9-3-2-4-19-6-9/h5,8-9,19H,2-4,6-7H2,1H3,(H2,18,27)(H,20,21,22)(H,24,25,26)/t9-/m0/s1. The maximum atomic E-state index is 12.0. The fourth-order valence-electron chi connectivity index (χ4n) is 3.23. The van der Waals surface area contributed by atoms with Gasteiger partial charge in [0.05, 0.1) is 5.56 Å². The first-order valence-electron chi connectivity index (χ1n) is 8.99. The van der Waals surface area contributed by atoms with Gasteiger partial charge in [-0.15, -0.1) is 0 Å². The third kappa shape index (κ3) is 3.62. The van der Waals surface area contributed by atoms with Crippen LogP contribution in [0.2, 0.25) is 0 Å². The quantitative estimate of drug-likeness (QED) is 0.467. The monoisotopic (exact) mass is 383 g/mol. The molecule has 3 aromatic heterocycles. The lowest BCUT2D eigenvalue weighted by atomic mass is 10.1. The Hall–Kier alpha value is -3.18. The Labute approximate surface area is 160 Å². The second-order valence-corrected chi connectivity index (χ2v) is 6.57. The molecule has 0 aromatic carbocycles. The molecule has 1 aliphatic heterocycles. The van der Waals surface area contributed by atoms with Crippen LogP contribution in [-0.2, 0) is 11.3 Å². The number of nitrogens with zero attached hydrogens (tertiary/aromatic N) is 5. The van der Waals surface area contributed by atoms with E-state index in [2.05, 4.69) is 40.8 Å². The molecule has 4 rings (SSSR count). The second kappa shape index (κ2) is 7.82. The molecule has 1 fully saturated rings. The van der Waals surface area contributed by atoms with Gasteiger partial charge >= 0.3 is 0 Å². The van der Waals surface area contributed by atoms with E-state index < -0.39 is 5.91 Å². The fourth-order valence-corrected chi connectivity index (χ4v) is 3.23. The number of hydrogen-bond acceptors (Lipinski definition) is 9. The summed E-state index contributed by atoms with van der Waals surface area (Å²) in [5.41, 5.74) is 7.08. The number of primary amides is 1. The molecule has 0 bridgehead atoms. The first-order valence-corrected chi connectivity index (χ1v) is 8.99. The maximum Gasteiger partial charge on any atom is 0.251 e. The van der Waals surface area contributed by atoms with Gasteiger partial charge in [-0.3, -0.25) is 9.89 Å². The normalized spacial score (nSPS) is 17.0. The number of nitrogens with two attached hydrogens (primary N) is 1. The molecule has 11 heteroatoms. The minimum absolute atomic E-state index is 0.214. The van der Waals surface area contributed by atoms with Crippen molar-refractivity contribution in [2.24, 2.45) is 5.73 Å². The van der Waals surface area contributed by atoms with Crippen molar-refractivity contribution >= 4 is 22.8 Å². The van der Waals surface area contributed by atoms with Crippen LogP contribution in [-0.4, -0.2) is 62.3 Å². The van der Waals surface area contributed by atoms with Crippen molar-refractivity contribution in [3.63, 3.8) is 0 Å². The molecule has 11 nitrogen and oxygen atoms in total. The van der Waals surface area contributed by atoms with Gasteiger partial charge in [0, 0.05) is 19.7 Å². The van der Waals surface area contributed by atoms with Gasteiger partial charge in [0.2, 0.25) is 0 Å². The van der Waals surface area contributed by atoms with E-state index in [-0.39, 0.29) is 18.2 Å². The summed E-state index contributed by atoms with van der Waals surface area (Å²) in [7, 11) is 1.57. The molecule has 28 heavy (non-hydrogen) atoms. The summed E-state index contributed by atoms with van der Waals surface area (Å²) in [4.78, 5) is 29.6. The number of ether oxygens (including phenoxy) is 1. The number of carbonyl (C=O) groups is 1. The van der Waals surface area contributed by atoms with Crippen molar-refractivity contribution < 1.29 is 9.53 Å². The number of aromatic nitrogens is 6. The van der Waals surface area contributed by atoms with Gasteiger partial charge in [0.1, 0.15) is 29.7 Å². The topological polar surface area (TPSA) is 157 Å². The Bertz CT molecular complexity index is 997. The van der Waals surface area contributed by atoms with Crippen LogP contribution in [0.15, 0.2) is 12.4 Å². The van der Waals surface area contributed by atoms with Crippen LogP contribution in [0.25, 0.3) is 22.6 Å². The van der Waals surface area contributed by atoms with Crippen LogP contribution in [0.3, 0.4) is 0 Å². The molecule has 4 heterocycles. The third-order valence-corrected chi connectivity index (χ3v) is 4.54. The average Bonchev–Trinajstić information content (AvgIpc) is 3.17. The minimum atomic E-state index is -0.606. The Morgan fingerprint density at radius 1 is 1.36 bits per heavy atom. The number of H-pyrrole nitrogens is 1. The Morgan fingerprint density at radius 3 is 3.00 bits per heavy atom. The van der Waals surface area contributed by atoms with Crippen LogP contribution >= 0.6 is 0 Å². The number of piperidine rings is 1. The van der Waals surface area contributed by atoms with E-state index in [1.807, 2.05) is 0 Å². The van der Waals surface area contributed by atoms with Crippen molar-refractivity contribution in [1.29, 1.82) is 0 Å². The zero-order valence-electron chi connectivity index (χ0n) is 15.4. The van der Waals surface area contributed by atoms with E-state index in [1.165, 1.54) is 6.33 Å². The lowest BCUT2D eigenvalue weighted by molar-refractivity contribution is 0.100. The number of amides is 1. The number of hydrogen-bond donors (Lipinski definition) is 4. The van der Waals surface area contributed by atoms with Gasteiger partial charge in [0.25, 0.3) is 5.91 Å². The smallest absolute Gasteiger partial charge is 0.251 e. The van der Waals surface area contributed by atoms with Crippen LogP contribution < -0.4 is 16.4 Å². The summed E-state index contributed by atoms with van der Waals surface area (Å²) in [5.74, 6) is 0.836. The zero-order valence-corrected chi connectivity index (χ0v) is 15.4. The summed E-state index contributed by atoms with van der Waals surface area (Å²) in [6.07, 6.45) is 3.49. The molecule has 3 aromatic rings. The molecule has 1 aliphatic rings. The van der Waals surface area contributed by atoms with Crippen LogP contribution in [0.4, 0.5) is 5.82 Å². The first kappa shape index (κ1) is 18.2. The SMILES string of the molecule is COCc1nc(-c2cc(C(N)=O)c3ncnc(N[C@H]4CCCNC4)c3n2)n[nH]1. The minimum Gasteiger partial charge on any atom is -0.377 e. The van der Waals surface area contributed by atoms with Crippen molar-refractivity contribution in [2.75, 3.05) is 25.5 Å². The summed E-state index contributed by atoms with van der Waals surface area (Å²) in [6.45, 7) is 2.12. The average molecular weight is 383 g/mol. The molecule has 0 aliphatic carbocycles. The van der Waals surface area contributed by atoms with Crippen LogP contribution in [0.1, 0.15) is 29.0 Å². The number of aromatic amines is 1. The van der Waals surface area contributed by atoms with Crippen LogP contribution in [0, 0.1) is 0 Å². The molecule has 0 radical (unpaired) electrons. The number of anilines is 1. The highest BCUT2D eigenvalue weighted by Crippen LogP contribution is 2.26. The Morgan fingerprint density at radius 2 is 2.25 bits per heavy atom. The van der Waals surface area contributed by atoms with Gasteiger partial charge in [-0.25, -0.2) is 19.9 Å². The van der Waals surface area contributed by atoms with Crippen molar-refractivity contribution in [2.45, 2.75) is 25.5 Å². The maximum absolute atomic E-state index is 12.0. The number of nitrogens with one attached hydrogen (secondary N) is 3. The highest BCUT2D eigenvalue weighted by molar-refractivity contribution is 6.06. The van der Waals surface area contributed by atoms with E-state index in [4.69, 9.17) is 10.5 Å². The summed E-state index contributed by atoms with van der Waals surface area (Å²) < 4.78 is 5.05. The van der Waals surface area contributed by atoms with E-state index in [0.29, 0.717) is 34.2 Å². The third-order valence-electron chi connectivity index (χ3n) is 4.54. The predicted octanol–water partition coefficient (Wildman–Crippen LogP) is 0.219. The summed E-state index contributed by atoms with van der Waals surface area (Å²) >= 11 is 0. The lowest BCUT2D eigenvalue weighted by Gasteiger charge is -2.24. The Kier molecular flexibility index (Phi) is 5.08. The number of methoxy groups -OCH3 is 1. The number of pyridine rings is 1. The molecule has 146 valence electrons. The number of fused-ring (bicyclic) bond motifs is 1. The van der Waals surface area contributed by atoms with Gasteiger partial charge in [-0.05, 0) is 25.5 Å². The molecule has 0 saturated carbocycles. The first-order chi connectivity index (χ1) is 13.7. The summed E-state index contributed by atoms with van der Waals surface area (Å²) in [6, 6.07) is 1.76. The van der Waals surface area contributed by atoms with E-state index in [1.54, 1.807) is 13.2 Å². The molecular weight excluding hydrogens is 362 g/mol. The van der Waals surface area contributed by atoms with E-state index in [9.17, 15) is 4.79 Å². The molecule has 1 saturated heterocycles. The predicted molar refractivity (Wildman–Crippen MR) is 101 cm³/mol. The van der Waals surface area contributed by atoms with Crippen LogP contribution in [0.5, 0.6) is 0 Å². The van der Waals surface area contributed by atoms with E-state index >= 15 is 0 Å². The molecule has 0 spiro atoms. The van der Waals surface area contributed by atoms with Gasteiger partial charge in [-0.2, -0.15) is 5.10 Å². The molecule has 0 unspecified atom stereocenters. The molecule has 1 atom stereocenters. The fraction of sp³-hybridized carbons (Fsp3) is 0.412. The van der Waals surface area contributed by atoms with Gasteiger partial charge in [0.15, 0.2) is 17.5 Å². The molecule has 1 amide bonds. The van der Waals surface area contributed by atoms with Crippen molar-refractivity contribution in [1.82, 2.24) is 35.5 Å². The van der Waals surface area contributed by atoms with E-state index in [0.717, 1.165) is 25.9 Å². The zero-order chi connectivity index (χ0) is 19.5. The molecule has 5 N–H and O–H groups in total. The largest absolute Gasteiger partial charge is 0.377 e. The van der Waals surface area contributed by atoms with Crippen molar-refractivity contribution in [3.05, 3.63) is 23.8 Å². The highest BCUT2D eigenvalue weighted by Gasteiger charge is 2.20. The highest BCUT2D eigenvalue weighted by atomic mass is 16.5.